The molecule has 0 fully saturated rings. The summed E-state index contributed by atoms with van der Waals surface area (Å²) in [6, 6.07) is 23.0. The molecule has 1 atom stereocenters. The third-order valence-electron chi connectivity index (χ3n) is 5.40. The minimum atomic E-state index is -0.753. The maximum Gasteiger partial charge on any atom is 0.268 e. The summed E-state index contributed by atoms with van der Waals surface area (Å²) in [6.45, 7) is 0.967. The Morgan fingerprint density at radius 2 is 1.94 bits per heavy atom. The van der Waals surface area contributed by atoms with Crippen molar-refractivity contribution in [1.29, 1.82) is 5.26 Å². The lowest BCUT2D eigenvalue weighted by molar-refractivity contribution is -0.122. The average molecular weight is 436 g/mol. The zero-order chi connectivity index (χ0) is 22.6. The second-order valence-electron chi connectivity index (χ2n) is 7.57. The highest BCUT2D eigenvalue weighted by molar-refractivity contribution is 5.95. The molecule has 0 bridgehead atoms. The zero-order valence-corrected chi connectivity index (χ0v) is 17.6. The molecule has 0 spiro atoms. The molecule has 3 heterocycles. The number of ether oxygens (including phenoxy) is 1. The van der Waals surface area contributed by atoms with E-state index in [1.54, 1.807) is 23.0 Å². The van der Waals surface area contributed by atoms with E-state index in [0.29, 0.717) is 24.4 Å². The molecule has 0 saturated carbocycles. The molecule has 1 N–H and O–H groups in total. The van der Waals surface area contributed by atoms with E-state index in [4.69, 9.17) is 4.74 Å². The Labute approximate surface area is 190 Å². The molecule has 0 aliphatic carbocycles. The van der Waals surface area contributed by atoms with Gasteiger partial charge in [-0.25, -0.2) is 9.67 Å². The number of carbonyl (C=O) groups is 1. The van der Waals surface area contributed by atoms with Crippen molar-refractivity contribution in [1.82, 2.24) is 14.8 Å². The number of para-hydroxylation sites is 2. The van der Waals surface area contributed by atoms with Gasteiger partial charge in [-0.1, -0.05) is 24.3 Å². The maximum absolute atomic E-state index is 13.0. The Morgan fingerprint density at radius 1 is 1.09 bits per heavy atom. The Morgan fingerprint density at radius 3 is 2.73 bits per heavy atom. The number of fused-ring (bicyclic) bond motifs is 1. The third-order valence-corrected chi connectivity index (χ3v) is 5.40. The van der Waals surface area contributed by atoms with Crippen molar-refractivity contribution in [2.75, 3.05) is 16.8 Å². The average Bonchev–Trinajstić information content (AvgIpc) is 3.40. The fourth-order valence-corrected chi connectivity index (χ4v) is 3.78. The van der Waals surface area contributed by atoms with Crippen LogP contribution in [0.25, 0.3) is 5.69 Å². The van der Waals surface area contributed by atoms with Crippen molar-refractivity contribution >= 4 is 17.4 Å². The number of anilines is 2. The fourth-order valence-electron chi connectivity index (χ4n) is 3.78. The van der Waals surface area contributed by atoms with Crippen LogP contribution < -0.4 is 15.0 Å². The minimum Gasteiger partial charge on any atom is -0.477 e. The van der Waals surface area contributed by atoms with Crippen molar-refractivity contribution in [3.05, 3.63) is 96.4 Å². The Hall–Kier alpha value is -4.64. The van der Waals surface area contributed by atoms with Gasteiger partial charge in [-0.2, -0.15) is 10.4 Å². The van der Waals surface area contributed by atoms with Crippen LogP contribution in [0.1, 0.15) is 11.1 Å². The molecule has 4 aromatic rings. The highest BCUT2D eigenvalue weighted by Gasteiger charge is 2.31. The van der Waals surface area contributed by atoms with Gasteiger partial charge in [-0.3, -0.25) is 4.79 Å². The van der Waals surface area contributed by atoms with E-state index in [9.17, 15) is 10.1 Å². The quantitative estimate of drug-likeness (QED) is 0.514. The first-order valence-electron chi connectivity index (χ1n) is 10.5. The number of nitrogens with one attached hydrogen (secondary N) is 1. The number of carbonyl (C=O) groups excluding carboxylic acids is 1. The first-order valence-corrected chi connectivity index (χ1v) is 10.5. The molecule has 1 aliphatic rings. The van der Waals surface area contributed by atoms with Crippen LogP contribution in [-0.4, -0.2) is 33.3 Å². The number of aromatic nitrogens is 3. The molecule has 162 valence electrons. The molecule has 1 amide bonds. The molecule has 8 nitrogen and oxygen atoms in total. The van der Waals surface area contributed by atoms with E-state index in [-0.39, 0.29) is 11.7 Å². The summed E-state index contributed by atoms with van der Waals surface area (Å²) in [5.41, 5.74) is 3.30. The van der Waals surface area contributed by atoms with Crippen molar-refractivity contribution in [2.45, 2.75) is 12.6 Å². The van der Waals surface area contributed by atoms with E-state index in [2.05, 4.69) is 32.4 Å². The van der Waals surface area contributed by atoms with Gasteiger partial charge >= 0.3 is 0 Å². The van der Waals surface area contributed by atoms with Gasteiger partial charge in [0, 0.05) is 25.1 Å². The smallest absolute Gasteiger partial charge is 0.268 e. The number of pyridine rings is 1. The van der Waals surface area contributed by atoms with E-state index in [0.717, 1.165) is 16.9 Å². The number of nitrogens with zero attached hydrogens (tertiary/aromatic N) is 5. The maximum atomic E-state index is 13.0. The van der Waals surface area contributed by atoms with Crippen molar-refractivity contribution < 1.29 is 9.53 Å². The van der Waals surface area contributed by atoms with Crippen LogP contribution in [0.5, 0.6) is 5.75 Å². The van der Waals surface area contributed by atoms with Gasteiger partial charge in [0.1, 0.15) is 11.8 Å². The second-order valence-corrected chi connectivity index (χ2v) is 7.57. The molecule has 5 rings (SSSR count). The molecule has 2 aromatic carbocycles. The van der Waals surface area contributed by atoms with E-state index in [1.165, 1.54) is 6.20 Å². The van der Waals surface area contributed by atoms with Gasteiger partial charge in [0.25, 0.3) is 5.91 Å². The van der Waals surface area contributed by atoms with Crippen LogP contribution in [-0.2, 0) is 11.3 Å². The van der Waals surface area contributed by atoms with Crippen molar-refractivity contribution in [3.63, 3.8) is 0 Å². The summed E-state index contributed by atoms with van der Waals surface area (Å²) in [6.07, 6.45) is 4.42. The molecular weight excluding hydrogens is 416 g/mol. The number of amides is 1. The summed E-state index contributed by atoms with van der Waals surface area (Å²) < 4.78 is 7.81. The minimum absolute atomic E-state index is 0.230. The lowest BCUT2D eigenvalue weighted by Crippen LogP contribution is -2.46. The van der Waals surface area contributed by atoms with Gasteiger partial charge in [-0.05, 0) is 48.0 Å². The van der Waals surface area contributed by atoms with Gasteiger partial charge in [0.05, 0.1) is 23.5 Å². The zero-order valence-electron chi connectivity index (χ0n) is 17.6. The van der Waals surface area contributed by atoms with Crippen molar-refractivity contribution in [2.24, 2.45) is 0 Å². The highest BCUT2D eigenvalue weighted by atomic mass is 16.5. The molecule has 1 unspecified atom stereocenters. The lowest BCUT2D eigenvalue weighted by atomic mass is 10.1. The van der Waals surface area contributed by atoms with E-state index >= 15 is 0 Å². The van der Waals surface area contributed by atoms with Crippen LogP contribution in [0, 0.1) is 11.3 Å². The third kappa shape index (κ3) is 4.25. The van der Waals surface area contributed by atoms with Crippen LogP contribution in [0.4, 0.5) is 11.5 Å². The van der Waals surface area contributed by atoms with Gasteiger partial charge in [0.15, 0.2) is 11.9 Å². The molecule has 0 radical (unpaired) electrons. The summed E-state index contributed by atoms with van der Waals surface area (Å²) >= 11 is 0. The van der Waals surface area contributed by atoms with Crippen LogP contribution >= 0.6 is 0 Å². The first kappa shape index (κ1) is 20.3. The number of nitriles is 1. The monoisotopic (exact) mass is 436 g/mol. The van der Waals surface area contributed by atoms with Gasteiger partial charge in [-0.15, -0.1) is 0 Å². The summed E-state index contributed by atoms with van der Waals surface area (Å²) in [7, 11) is 0. The van der Waals surface area contributed by atoms with E-state index < -0.39 is 6.10 Å². The van der Waals surface area contributed by atoms with Gasteiger partial charge in [0.2, 0.25) is 0 Å². The number of hydrogen-bond donors (Lipinski definition) is 1. The van der Waals surface area contributed by atoms with Crippen LogP contribution in [0.2, 0.25) is 0 Å². The summed E-state index contributed by atoms with van der Waals surface area (Å²) in [5, 5.41) is 16.3. The summed E-state index contributed by atoms with van der Waals surface area (Å²) in [5.74, 6) is 0.519. The molecule has 8 heteroatoms. The molecule has 2 aromatic heterocycles. The van der Waals surface area contributed by atoms with Crippen molar-refractivity contribution in [3.8, 4) is 17.5 Å². The Balaban J connectivity index is 1.36. The number of rotatable bonds is 5. The second kappa shape index (κ2) is 8.85. The molecule has 1 aliphatic heterocycles. The molecular formula is C25H20N6O2. The highest BCUT2D eigenvalue weighted by Crippen LogP contribution is 2.34. The largest absolute Gasteiger partial charge is 0.477 e. The topological polar surface area (TPSA) is 96.1 Å². The normalized spacial score (nSPS) is 14.6. The van der Waals surface area contributed by atoms with Gasteiger partial charge < -0.3 is 15.0 Å². The van der Waals surface area contributed by atoms with Crippen LogP contribution in [0.15, 0.2) is 85.3 Å². The van der Waals surface area contributed by atoms with Crippen LogP contribution in [0.3, 0.4) is 0 Å². The SMILES string of the molecule is N#Cc1cccnc1NC(=O)C1CN(Cc2ccc(-n3cccn3)cc2)c2ccccc2O1. The predicted octanol–water partition coefficient (Wildman–Crippen LogP) is 3.55. The fraction of sp³-hybridized carbons (Fsp3) is 0.120. The predicted molar refractivity (Wildman–Crippen MR) is 123 cm³/mol. The van der Waals surface area contributed by atoms with E-state index in [1.807, 2.05) is 54.7 Å². The molecule has 0 saturated heterocycles. The standard InChI is InChI=1S/C25H20N6O2/c26-15-19-5-3-12-27-24(19)29-25(32)23-17-30(21-6-1-2-7-22(21)33-23)16-18-8-10-20(11-9-18)31-14-4-13-28-31/h1-14,23H,16-17H2,(H,27,29,32). The first-order chi connectivity index (χ1) is 16.2. The number of hydrogen-bond acceptors (Lipinski definition) is 6. The Bertz CT molecular complexity index is 1310. The molecule has 33 heavy (non-hydrogen) atoms. The summed E-state index contributed by atoms with van der Waals surface area (Å²) in [4.78, 5) is 19.2. The number of benzene rings is 2. The lowest BCUT2D eigenvalue weighted by Gasteiger charge is -2.35. The Kier molecular flexibility index (Phi) is 5.43.